The van der Waals surface area contributed by atoms with E-state index in [1.54, 1.807) is 18.4 Å². The molecule has 2 aromatic heterocycles. The van der Waals surface area contributed by atoms with Crippen LogP contribution in [0.2, 0.25) is 0 Å². The third kappa shape index (κ3) is 6.45. The van der Waals surface area contributed by atoms with Gasteiger partial charge in [0, 0.05) is 43.3 Å². The highest BCUT2D eigenvalue weighted by atomic mass is 19.4. The summed E-state index contributed by atoms with van der Waals surface area (Å²) in [7, 11) is 0. The summed E-state index contributed by atoms with van der Waals surface area (Å²) in [5.74, 6) is -2.21. The molecule has 0 spiro atoms. The summed E-state index contributed by atoms with van der Waals surface area (Å²) in [4.78, 5) is 30.9. The summed E-state index contributed by atoms with van der Waals surface area (Å²) in [6.07, 6.45) is -3.51. The minimum absolute atomic E-state index is 0.0305. The molecule has 4 aromatic rings. The number of aromatic nitrogens is 2. The number of carbonyl (C=O) groups excluding carboxylic acids is 1. The molecule has 0 aliphatic carbocycles. The Balaban J connectivity index is 0.000000448. The highest BCUT2D eigenvalue weighted by Crippen LogP contribution is 2.31. The molecule has 0 saturated carbocycles. The molecule has 9 nitrogen and oxygen atoms in total. The molecule has 206 valence electrons. The number of carboxylic acids is 1. The molecule has 1 N–H and O–H groups in total. The van der Waals surface area contributed by atoms with Gasteiger partial charge in [-0.3, -0.25) is 9.69 Å². The van der Waals surface area contributed by atoms with E-state index in [1.807, 2.05) is 42.2 Å². The van der Waals surface area contributed by atoms with Crippen molar-refractivity contribution in [1.82, 2.24) is 19.9 Å². The number of hydrogen-bond donors (Lipinski definition) is 1. The number of oxazole rings is 1. The number of halogens is 3. The van der Waals surface area contributed by atoms with Crippen molar-refractivity contribution in [2.24, 2.45) is 0 Å². The third-order valence-corrected chi connectivity index (χ3v) is 6.34. The zero-order valence-corrected chi connectivity index (χ0v) is 21.5. The molecule has 0 unspecified atom stereocenters. The lowest BCUT2D eigenvalue weighted by Gasteiger charge is -2.36. The highest BCUT2D eigenvalue weighted by Gasteiger charge is 2.38. The molecule has 1 saturated heterocycles. The van der Waals surface area contributed by atoms with Gasteiger partial charge in [-0.2, -0.15) is 13.2 Å². The topological polar surface area (TPSA) is 113 Å². The summed E-state index contributed by atoms with van der Waals surface area (Å²) < 4.78 is 42.9. The Morgan fingerprint density at radius 2 is 1.67 bits per heavy atom. The Morgan fingerprint density at radius 3 is 2.26 bits per heavy atom. The normalized spacial score (nSPS) is 14.4. The SMILES string of the molecule is Cc1ccc(-c2nc(-c3noc4ccc(C(=O)N5CCN(C(C)C)CC5)cc34)co2)cc1.O=C(O)C(F)(F)F. The zero-order valence-electron chi connectivity index (χ0n) is 21.5. The standard InChI is InChI=1S/C25H26N4O3.C2HF3O2/c1-16(2)28-10-12-29(13-11-28)25(30)19-8-9-22-20(14-19)23(27-32-22)21-15-31-24(26-21)18-6-4-17(3)5-7-18;3-2(4,5)1(6)7/h4-9,14-16H,10-13H2,1-3H3;(H,6,7). The van der Waals surface area contributed by atoms with Crippen LogP contribution in [0, 0.1) is 6.92 Å². The van der Waals surface area contributed by atoms with Crippen LogP contribution in [0.4, 0.5) is 13.2 Å². The van der Waals surface area contributed by atoms with E-state index in [0.29, 0.717) is 34.5 Å². The second-order valence-corrected chi connectivity index (χ2v) is 9.37. The maximum atomic E-state index is 13.1. The summed E-state index contributed by atoms with van der Waals surface area (Å²) >= 11 is 0. The number of alkyl halides is 3. The van der Waals surface area contributed by atoms with Crippen LogP contribution in [-0.4, -0.2) is 75.3 Å². The van der Waals surface area contributed by atoms with E-state index in [0.717, 1.165) is 37.1 Å². The molecule has 1 aliphatic rings. The fraction of sp³-hybridized carbons (Fsp3) is 0.333. The van der Waals surface area contributed by atoms with Crippen LogP contribution in [0.25, 0.3) is 33.8 Å². The molecule has 0 atom stereocenters. The van der Waals surface area contributed by atoms with Gasteiger partial charge in [0.2, 0.25) is 5.89 Å². The van der Waals surface area contributed by atoms with Crippen molar-refractivity contribution in [1.29, 1.82) is 0 Å². The molecule has 1 amide bonds. The number of nitrogens with zero attached hydrogens (tertiary/aromatic N) is 4. The molecule has 1 aliphatic heterocycles. The first-order valence-electron chi connectivity index (χ1n) is 12.2. The van der Waals surface area contributed by atoms with E-state index in [4.69, 9.17) is 18.8 Å². The van der Waals surface area contributed by atoms with Gasteiger partial charge in [-0.05, 0) is 51.1 Å². The maximum absolute atomic E-state index is 13.1. The average Bonchev–Trinajstić information content (AvgIpc) is 3.55. The number of carbonyl (C=O) groups is 2. The molecule has 1 fully saturated rings. The van der Waals surface area contributed by atoms with Gasteiger partial charge in [-0.1, -0.05) is 22.9 Å². The van der Waals surface area contributed by atoms with E-state index < -0.39 is 12.1 Å². The number of aliphatic carboxylic acids is 1. The first-order valence-corrected chi connectivity index (χ1v) is 12.2. The van der Waals surface area contributed by atoms with Crippen molar-refractivity contribution in [3.8, 4) is 22.8 Å². The molecule has 2 aromatic carbocycles. The lowest BCUT2D eigenvalue weighted by molar-refractivity contribution is -0.192. The molecule has 5 rings (SSSR count). The summed E-state index contributed by atoms with van der Waals surface area (Å²) in [5, 5.41) is 12.1. The molecule has 12 heteroatoms. The largest absolute Gasteiger partial charge is 0.490 e. The van der Waals surface area contributed by atoms with Crippen LogP contribution in [0.1, 0.15) is 29.8 Å². The van der Waals surface area contributed by atoms with E-state index in [2.05, 4.69) is 28.9 Å². The highest BCUT2D eigenvalue weighted by molar-refractivity contribution is 6.00. The third-order valence-electron chi connectivity index (χ3n) is 6.34. The van der Waals surface area contributed by atoms with Gasteiger partial charge in [0.1, 0.15) is 17.7 Å². The summed E-state index contributed by atoms with van der Waals surface area (Å²) in [5.41, 5.74) is 4.45. The quantitative estimate of drug-likeness (QED) is 0.370. The Labute approximate surface area is 221 Å². The van der Waals surface area contributed by atoms with Gasteiger partial charge in [0.25, 0.3) is 5.91 Å². The molecule has 0 bridgehead atoms. The van der Waals surface area contributed by atoms with Crippen molar-refractivity contribution >= 4 is 22.8 Å². The number of piperazine rings is 1. The minimum Gasteiger partial charge on any atom is -0.475 e. The van der Waals surface area contributed by atoms with E-state index in [1.165, 1.54) is 5.56 Å². The Kier molecular flexibility index (Phi) is 8.05. The average molecular weight is 545 g/mol. The lowest BCUT2D eigenvalue weighted by atomic mass is 10.1. The first kappa shape index (κ1) is 27.8. The minimum atomic E-state index is -5.08. The van der Waals surface area contributed by atoms with Gasteiger partial charge in [-0.25, -0.2) is 9.78 Å². The van der Waals surface area contributed by atoms with Crippen molar-refractivity contribution in [2.75, 3.05) is 26.2 Å². The monoisotopic (exact) mass is 544 g/mol. The van der Waals surface area contributed by atoms with Crippen LogP contribution in [0.15, 0.2) is 57.7 Å². The molecule has 3 heterocycles. The van der Waals surface area contributed by atoms with Gasteiger partial charge in [0.05, 0.1) is 5.39 Å². The number of hydrogen-bond acceptors (Lipinski definition) is 7. The number of carboxylic acid groups (broad SMARTS) is 1. The van der Waals surface area contributed by atoms with Crippen LogP contribution in [-0.2, 0) is 4.79 Å². The second-order valence-electron chi connectivity index (χ2n) is 9.37. The Hall–Kier alpha value is -4.19. The summed E-state index contributed by atoms with van der Waals surface area (Å²) in [6.45, 7) is 9.66. The molecule has 0 radical (unpaired) electrons. The van der Waals surface area contributed by atoms with Crippen molar-refractivity contribution in [3.05, 3.63) is 59.9 Å². The van der Waals surface area contributed by atoms with Gasteiger partial charge >= 0.3 is 12.1 Å². The number of fused-ring (bicyclic) bond motifs is 1. The number of amides is 1. The predicted octanol–water partition coefficient (Wildman–Crippen LogP) is 5.26. The van der Waals surface area contributed by atoms with Gasteiger partial charge < -0.3 is 18.9 Å². The Morgan fingerprint density at radius 1 is 1.03 bits per heavy atom. The lowest BCUT2D eigenvalue weighted by Crippen LogP contribution is -2.50. The van der Waals surface area contributed by atoms with Crippen molar-refractivity contribution in [3.63, 3.8) is 0 Å². The first-order chi connectivity index (χ1) is 18.4. The van der Waals surface area contributed by atoms with Gasteiger partial charge in [-0.15, -0.1) is 0 Å². The van der Waals surface area contributed by atoms with Crippen molar-refractivity contribution < 1.29 is 36.8 Å². The fourth-order valence-electron chi connectivity index (χ4n) is 4.09. The second kappa shape index (κ2) is 11.3. The molecular formula is C27H27F3N4O5. The van der Waals surface area contributed by atoms with Crippen LogP contribution in [0.5, 0.6) is 0 Å². The van der Waals surface area contributed by atoms with E-state index in [9.17, 15) is 18.0 Å². The van der Waals surface area contributed by atoms with Crippen LogP contribution in [0.3, 0.4) is 0 Å². The number of aryl methyl sites for hydroxylation is 1. The zero-order chi connectivity index (χ0) is 28.3. The van der Waals surface area contributed by atoms with Crippen LogP contribution >= 0.6 is 0 Å². The molecule has 39 heavy (non-hydrogen) atoms. The number of rotatable bonds is 4. The van der Waals surface area contributed by atoms with E-state index >= 15 is 0 Å². The number of benzene rings is 2. The van der Waals surface area contributed by atoms with Crippen molar-refractivity contribution in [2.45, 2.75) is 33.0 Å². The van der Waals surface area contributed by atoms with E-state index in [-0.39, 0.29) is 5.91 Å². The fourth-order valence-corrected chi connectivity index (χ4v) is 4.09. The molecular weight excluding hydrogens is 517 g/mol. The Bertz CT molecular complexity index is 1450. The van der Waals surface area contributed by atoms with Crippen LogP contribution < -0.4 is 0 Å². The maximum Gasteiger partial charge on any atom is 0.490 e. The van der Waals surface area contributed by atoms with Gasteiger partial charge in [0.15, 0.2) is 5.58 Å². The predicted molar refractivity (Wildman–Crippen MR) is 136 cm³/mol. The summed E-state index contributed by atoms with van der Waals surface area (Å²) in [6, 6.07) is 13.9. The smallest absolute Gasteiger partial charge is 0.475 e.